The SMILES string of the molecule is CC.CC.CCc1nn(N(C)C)c(CC)c1C. The Kier molecular flexibility index (Phi) is 11.0. The third-order valence-corrected chi connectivity index (χ3v) is 2.37. The van der Waals surface area contributed by atoms with Crippen LogP contribution in [0.2, 0.25) is 0 Å². The van der Waals surface area contributed by atoms with E-state index in [2.05, 4.69) is 25.9 Å². The standard InChI is InChI=1S/C10H19N3.2C2H6/c1-6-9-8(3)10(7-2)13(11-9)12(4)5;2*1-2/h6-7H2,1-5H3;2*1-2H3. The first kappa shape index (κ1) is 18.4. The van der Waals surface area contributed by atoms with E-state index in [1.807, 2.05) is 51.6 Å². The molecule has 0 radical (unpaired) electrons. The monoisotopic (exact) mass is 241 g/mol. The Morgan fingerprint density at radius 1 is 1.00 bits per heavy atom. The van der Waals surface area contributed by atoms with Crippen LogP contribution in [0, 0.1) is 6.92 Å². The first-order valence-electron chi connectivity index (χ1n) is 6.86. The molecule has 0 aliphatic carbocycles. The Morgan fingerprint density at radius 3 is 1.71 bits per heavy atom. The summed E-state index contributed by atoms with van der Waals surface area (Å²) in [4.78, 5) is 1.99. The maximum Gasteiger partial charge on any atom is 0.0674 e. The van der Waals surface area contributed by atoms with Crippen LogP contribution >= 0.6 is 0 Å². The van der Waals surface area contributed by atoms with Gasteiger partial charge in [0.1, 0.15) is 0 Å². The molecule has 0 spiro atoms. The van der Waals surface area contributed by atoms with Crippen molar-refractivity contribution in [3.05, 3.63) is 17.0 Å². The Hall–Kier alpha value is -0.990. The van der Waals surface area contributed by atoms with Crippen LogP contribution in [0.1, 0.15) is 58.5 Å². The highest BCUT2D eigenvalue weighted by molar-refractivity contribution is 5.25. The topological polar surface area (TPSA) is 21.1 Å². The predicted molar refractivity (Wildman–Crippen MR) is 78.5 cm³/mol. The van der Waals surface area contributed by atoms with Gasteiger partial charge in [-0.05, 0) is 25.3 Å². The molecule has 0 bridgehead atoms. The molecule has 1 aromatic heterocycles. The lowest BCUT2D eigenvalue weighted by Crippen LogP contribution is -2.28. The van der Waals surface area contributed by atoms with Crippen LogP contribution < -0.4 is 5.01 Å². The van der Waals surface area contributed by atoms with Gasteiger partial charge in [-0.2, -0.15) is 9.89 Å². The van der Waals surface area contributed by atoms with Crippen molar-refractivity contribution >= 4 is 0 Å². The molecule has 102 valence electrons. The number of rotatable bonds is 3. The van der Waals surface area contributed by atoms with Gasteiger partial charge in [0.2, 0.25) is 0 Å². The number of aryl methyl sites for hydroxylation is 1. The predicted octanol–water partition coefficient (Wildman–Crippen LogP) is 3.57. The Bertz CT molecular complexity index is 288. The maximum atomic E-state index is 4.54. The molecule has 0 unspecified atom stereocenters. The van der Waals surface area contributed by atoms with E-state index in [1.165, 1.54) is 17.0 Å². The van der Waals surface area contributed by atoms with Gasteiger partial charge >= 0.3 is 0 Å². The van der Waals surface area contributed by atoms with Crippen LogP contribution in [0.3, 0.4) is 0 Å². The summed E-state index contributed by atoms with van der Waals surface area (Å²) in [5.41, 5.74) is 3.88. The molecule has 0 saturated heterocycles. The molecular formula is C14H31N3. The highest BCUT2D eigenvalue weighted by atomic mass is 15.6. The van der Waals surface area contributed by atoms with E-state index >= 15 is 0 Å². The largest absolute Gasteiger partial charge is 0.303 e. The summed E-state index contributed by atoms with van der Waals surface area (Å²) in [5, 5.41) is 6.56. The Morgan fingerprint density at radius 2 is 1.47 bits per heavy atom. The molecule has 1 rings (SSSR count). The van der Waals surface area contributed by atoms with Gasteiger partial charge < -0.3 is 5.01 Å². The van der Waals surface area contributed by atoms with Crippen LogP contribution in [0.25, 0.3) is 0 Å². The Labute approximate surface area is 108 Å². The van der Waals surface area contributed by atoms with Crippen molar-refractivity contribution < 1.29 is 0 Å². The highest BCUT2D eigenvalue weighted by Gasteiger charge is 2.11. The van der Waals surface area contributed by atoms with Crippen molar-refractivity contribution in [2.75, 3.05) is 19.1 Å². The lowest BCUT2D eigenvalue weighted by molar-refractivity contribution is 0.600. The van der Waals surface area contributed by atoms with Gasteiger partial charge in [-0.3, -0.25) is 0 Å². The summed E-state index contributed by atoms with van der Waals surface area (Å²) in [6, 6.07) is 0. The number of aromatic nitrogens is 2. The van der Waals surface area contributed by atoms with Gasteiger partial charge in [-0.25, -0.2) is 0 Å². The summed E-state index contributed by atoms with van der Waals surface area (Å²) in [7, 11) is 4.04. The van der Waals surface area contributed by atoms with Crippen LogP contribution in [0.5, 0.6) is 0 Å². The highest BCUT2D eigenvalue weighted by Crippen LogP contribution is 2.14. The fourth-order valence-electron chi connectivity index (χ4n) is 1.64. The molecule has 0 N–H and O–H groups in total. The molecule has 1 aromatic rings. The molecule has 0 atom stereocenters. The lowest BCUT2D eigenvalue weighted by Gasteiger charge is -2.15. The molecule has 0 saturated carbocycles. The molecule has 3 nitrogen and oxygen atoms in total. The summed E-state index contributed by atoms with van der Waals surface area (Å²) in [5.74, 6) is 0. The number of hydrogen-bond acceptors (Lipinski definition) is 2. The fraction of sp³-hybridized carbons (Fsp3) is 0.786. The second-order valence-electron chi connectivity index (χ2n) is 3.46. The van der Waals surface area contributed by atoms with Crippen molar-refractivity contribution in [2.45, 2.75) is 61.3 Å². The fourth-order valence-corrected chi connectivity index (χ4v) is 1.64. The smallest absolute Gasteiger partial charge is 0.0674 e. The van der Waals surface area contributed by atoms with E-state index in [9.17, 15) is 0 Å². The zero-order chi connectivity index (χ0) is 14.0. The second-order valence-corrected chi connectivity index (χ2v) is 3.46. The van der Waals surface area contributed by atoms with Crippen molar-refractivity contribution in [2.24, 2.45) is 0 Å². The summed E-state index contributed by atoms with van der Waals surface area (Å²) >= 11 is 0. The van der Waals surface area contributed by atoms with Crippen LogP contribution in [-0.4, -0.2) is 24.0 Å². The van der Waals surface area contributed by atoms with Crippen LogP contribution in [0.15, 0.2) is 0 Å². The van der Waals surface area contributed by atoms with E-state index in [0.29, 0.717) is 0 Å². The molecule has 0 amide bonds. The van der Waals surface area contributed by atoms with Gasteiger partial charge in [-0.1, -0.05) is 41.5 Å². The number of hydrogen-bond donors (Lipinski definition) is 0. The van der Waals surface area contributed by atoms with Crippen molar-refractivity contribution in [3.8, 4) is 0 Å². The molecule has 1 heterocycles. The maximum absolute atomic E-state index is 4.54. The zero-order valence-corrected chi connectivity index (χ0v) is 13.3. The quantitative estimate of drug-likeness (QED) is 0.806. The molecule has 17 heavy (non-hydrogen) atoms. The van der Waals surface area contributed by atoms with Crippen molar-refractivity contribution in [3.63, 3.8) is 0 Å². The zero-order valence-electron chi connectivity index (χ0n) is 13.3. The summed E-state index contributed by atoms with van der Waals surface area (Å²) < 4.78 is 0. The van der Waals surface area contributed by atoms with Gasteiger partial charge in [0, 0.05) is 14.1 Å². The minimum absolute atomic E-state index is 1.01. The molecule has 0 fully saturated rings. The third-order valence-electron chi connectivity index (χ3n) is 2.37. The van der Waals surface area contributed by atoms with Crippen molar-refractivity contribution in [1.29, 1.82) is 0 Å². The average Bonchev–Trinajstić information content (AvgIpc) is 2.70. The minimum atomic E-state index is 1.01. The lowest BCUT2D eigenvalue weighted by atomic mass is 10.1. The molecule has 0 aliphatic rings. The third kappa shape index (κ3) is 4.80. The van der Waals surface area contributed by atoms with E-state index in [-0.39, 0.29) is 0 Å². The summed E-state index contributed by atoms with van der Waals surface area (Å²) in [6.07, 6.45) is 2.05. The van der Waals surface area contributed by atoms with E-state index in [0.717, 1.165) is 12.8 Å². The normalized spacial score (nSPS) is 8.76. The van der Waals surface area contributed by atoms with Crippen molar-refractivity contribution in [1.82, 2.24) is 9.89 Å². The van der Waals surface area contributed by atoms with Gasteiger partial charge in [0.15, 0.2) is 0 Å². The van der Waals surface area contributed by atoms with Crippen LogP contribution in [0.4, 0.5) is 0 Å². The van der Waals surface area contributed by atoms with Crippen LogP contribution in [-0.2, 0) is 12.8 Å². The van der Waals surface area contributed by atoms with Gasteiger partial charge in [0.05, 0.1) is 11.4 Å². The Balaban J connectivity index is 0. The van der Waals surface area contributed by atoms with Gasteiger partial charge in [-0.15, -0.1) is 0 Å². The molecule has 0 aliphatic heterocycles. The second kappa shape index (κ2) is 10.2. The average molecular weight is 241 g/mol. The number of nitrogens with zero attached hydrogens (tertiary/aromatic N) is 3. The first-order chi connectivity index (χ1) is 8.11. The van der Waals surface area contributed by atoms with E-state index in [4.69, 9.17) is 0 Å². The first-order valence-corrected chi connectivity index (χ1v) is 6.86. The molecule has 3 heteroatoms. The van der Waals surface area contributed by atoms with E-state index < -0.39 is 0 Å². The summed E-state index contributed by atoms with van der Waals surface area (Å²) in [6.45, 7) is 14.5. The van der Waals surface area contributed by atoms with Gasteiger partial charge in [0.25, 0.3) is 0 Å². The van der Waals surface area contributed by atoms with E-state index in [1.54, 1.807) is 0 Å². The molecular weight excluding hydrogens is 210 g/mol. The molecule has 0 aromatic carbocycles. The minimum Gasteiger partial charge on any atom is -0.303 e.